The molecule has 26 heavy (non-hydrogen) atoms. The van der Waals surface area contributed by atoms with Gasteiger partial charge >= 0.3 is 0 Å². The van der Waals surface area contributed by atoms with Gasteiger partial charge in [-0.3, -0.25) is 4.18 Å². The van der Waals surface area contributed by atoms with Crippen molar-refractivity contribution in [2.24, 2.45) is 10.8 Å². The summed E-state index contributed by atoms with van der Waals surface area (Å²) < 4.78 is 44.0. The number of aryl methyl sites for hydroxylation is 1. The van der Waals surface area contributed by atoms with Gasteiger partial charge < -0.3 is 0 Å². The van der Waals surface area contributed by atoms with Gasteiger partial charge in [-0.15, -0.1) is 0 Å². The molecule has 0 N–H and O–H groups in total. The van der Waals surface area contributed by atoms with E-state index in [1.54, 1.807) is 32.9 Å². The van der Waals surface area contributed by atoms with E-state index in [9.17, 15) is 12.8 Å². The first-order chi connectivity index (χ1) is 11.7. The molecule has 0 unspecified atom stereocenters. The van der Waals surface area contributed by atoms with Crippen molar-refractivity contribution in [3.8, 4) is 0 Å². The van der Waals surface area contributed by atoms with E-state index >= 15 is 0 Å². The minimum Gasteiger partial charge on any atom is -0.266 e. The Bertz CT molecular complexity index is 770. The molecule has 0 spiro atoms. The highest BCUT2D eigenvalue weighted by atomic mass is 32.2. The molecule has 5 heteroatoms. The largest absolute Gasteiger partial charge is 0.296 e. The second-order valence-electron chi connectivity index (χ2n) is 8.87. The number of hydrogen-bond donors (Lipinski definition) is 0. The van der Waals surface area contributed by atoms with Crippen LogP contribution in [0.2, 0.25) is 0 Å². The summed E-state index contributed by atoms with van der Waals surface area (Å²) >= 11 is 0. The van der Waals surface area contributed by atoms with Crippen molar-refractivity contribution in [2.45, 2.75) is 66.2 Å². The van der Waals surface area contributed by atoms with Crippen molar-refractivity contribution in [1.29, 1.82) is 0 Å². The van der Waals surface area contributed by atoms with E-state index in [2.05, 4.69) is 5.73 Å². The van der Waals surface area contributed by atoms with Gasteiger partial charge in [0, 0.05) is 11.8 Å². The molecule has 1 aromatic carbocycles. The lowest BCUT2D eigenvalue weighted by molar-refractivity contribution is 0.313. The number of benzene rings is 1. The number of rotatable bonds is 6. The highest BCUT2D eigenvalue weighted by Gasteiger charge is 2.20. The minimum absolute atomic E-state index is 0.0357. The number of halogens is 1. The molecule has 0 aliphatic carbocycles. The van der Waals surface area contributed by atoms with E-state index in [-0.39, 0.29) is 22.7 Å². The van der Waals surface area contributed by atoms with Gasteiger partial charge in [0.15, 0.2) is 0 Å². The maximum atomic E-state index is 14.3. The summed E-state index contributed by atoms with van der Waals surface area (Å²) in [5.41, 5.74) is 3.85. The third-order valence-corrected chi connectivity index (χ3v) is 4.97. The van der Waals surface area contributed by atoms with Gasteiger partial charge in [0.2, 0.25) is 0 Å². The maximum Gasteiger partial charge on any atom is 0.296 e. The molecule has 0 fully saturated rings. The Labute approximate surface area is 158 Å². The van der Waals surface area contributed by atoms with E-state index in [1.807, 2.05) is 27.7 Å². The first kappa shape index (κ1) is 22.6. The lowest BCUT2D eigenvalue weighted by Gasteiger charge is -2.20. The molecule has 3 nitrogen and oxygen atoms in total. The average molecular weight is 383 g/mol. The summed E-state index contributed by atoms with van der Waals surface area (Å²) in [5.74, 6) is -0.335. The van der Waals surface area contributed by atoms with Gasteiger partial charge in [0.25, 0.3) is 10.1 Å². The Kier molecular flexibility index (Phi) is 7.41. The van der Waals surface area contributed by atoms with Crippen LogP contribution in [0.25, 0.3) is 0 Å². The Morgan fingerprint density at radius 1 is 1.08 bits per heavy atom. The van der Waals surface area contributed by atoms with Gasteiger partial charge in [0.1, 0.15) is 5.83 Å². The van der Waals surface area contributed by atoms with Crippen LogP contribution in [0.1, 0.15) is 59.9 Å². The van der Waals surface area contributed by atoms with E-state index in [4.69, 9.17) is 4.18 Å². The molecular formula is C21H31FO3S. The summed E-state index contributed by atoms with van der Waals surface area (Å²) in [6, 6.07) is 6.50. The SMILES string of the molecule is Cc1ccc(S(=O)(=O)OCCC(=C=C(F)C(C)(C)C)CC(C)(C)C)cc1. The molecule has 1 rings (SSSR count). The standard InChI is InChI=1S/C21H31FO3S/c1-16-8-10-18(11-9-16)26(23,24)25-13-12-17(15-20(2,3)4)14-19(22)21(5,6)7/h8-11H,12-13,15H2,1-7H3. The van der Waals surface area contributed by atoms with Gasteiger partial charge in [-0.05, 0) is 36.5 Å². The highest BCUT2D eigenvalue weighted by molar-refractivity contribution is 7.86. The summed E-state index contributed by atoms with van der Waals surface area (Å²) in [6.45, 7) is 13.3. The quantitative estimate of drug-likeness (QED) is 0.451. The summed E-state index contributed by atoms with van der Waals surface area (Å²) in [6.07, 6.45) is 0.927. The maximum absolute atomic E-state index is 14.3. The van der Waals surface area contributed by atoms with Gasteiger partial charge in [-0.2, -0.15) is 8.42 Å². The zero-order chi connectivity index (χ0) is 20.2. The zero-order valence-electron chi connectivity index (χ0n) is 16.9. The molecular weight excluding hydrogens is 351 g/mol. The Balaban J connectivity index is 2.94. The molecule has 146 valence electrons. The molecule has 0 aliphatic heterocycles. The van der Waals surface area contributed by atoms with Crippen molar-refractivity contribution in [1.82, 2.24) is 0 Å². The van der Waals surface area contributed by atoms with E-state index in [1.165, 1.54) is 12.1 Å². The van der Waals surface area contributed by atoms with E-state index < -0.39 is 15.5 Å². The van der Waals surface area contributed by atoms with Crippen molar-refractivity contribution in [3.05, 3.63) is 47.0 Å². The minimum atomic E-state index is -3.81. The summed E-state index contributed by atoms with van der Waals surface area (Å²) in [7, 11) is -3.81. The van der Waals surface area contributed by atoms with Crippen LogP contribution in [0.4, 0.5) is 4.39 Å². The Morgan fingerprint density at radius 2 is 1.62 bits per heavy atom. The van der Waals surface area contributed by atoms with Crippen LogP contribution in [0.5, 0.6) is 0 Å². The predicted octanol–water partition coefficient (Wildman–Crippen LogP) is 5.95. The normalized spacial score (nSPS) is 12.6. The molecule has 0 saturated carbocycles. The molecule has 0 aliphatic rings. The average Bonchev–Trinajstić information content (AvgIpc) is 2.44. The Morgan fingerprint density at radius 3 is 2.08 bits per heavy atom. The lowest BCUT2D eigenvalue weighted by atomic mass is 9.86. The van der Waals surface area contributed by atoms with Crippen molar-refractivity contribution >= 4 is 10.1 Å². The fourth-order valence-electron chi connectivity index (χ4n) is 2.23. The lowest BCUT2D eigenvalue weighted by Crippen LogP contribution is -2.11. The van der Waals surface area contributed by atoms with Crippen LogP contribution >= 0.6 is 0 Å². The van der Waals surface area contributed by atoms with Gasteiger partial charge in [-0.1, -0.05) is 65.0 Å². The number of hydrogen-bond acceptors (Lipinski definition) is 3. The first-order valence-electron chi connectivity index (χ1n) is 8.81. The van der Waals surface area contributed by atoms with Crippen molar-refractivity contribution in [2.75, 3.05) is 6.61 Å². The second kappa shape index (κ2) is 8.51. The molecule has 0 amide bonds. The molecule has 0 atom stereocenters. The highest BCUT2D eigenvalue weighted by Crippen LogP contribution is 2.29. The molecule has 0 radical (unpaired) electrons. The van der Waals surface area contributed by atoms with Crippen LogP contribution in [-0.4, -0.2) is 15.0 Å². The summed E-state index contributed by atoms with van der Waals surface area (Å²) in [4.78, 5) is 0.126. The van der Waals surface area contributed by atoms with Crippen molar-refractivity contribution < 1.29 is 17.0 Å². The van der Waals surface area contributed by atoms with Gasteiger partial charge in [0.05, 0.1) is 11.5 Å². The van der Waals surface area contributed by atoms with Crippen LogP contribution in [0.3, 0.4) is 0 Å². The molecule has 1 aromatic rings. The fourth-order valence-corrected chi connectivity index (χ4v) is 3.13. The summed E-state index contributed by atoms with van der Waals surface area (Å²) in [5, 5.41) is 0. The third kappa shape index (κ3) is 7.86. The smallest absolute Gasteiger partial charge is 0.266 e. The second-order valence-corrected chi connectivity index (χ2v) is 10.5. The van der Waals surface area contributed by atoms with Crippen LogP contribution in [-0.2, 0) is 14.3 Å². The molecule has 0 saturated heterocycles. The molecule has 0 heterocycles. The van der Waals surface area contributed by atoms with Crippen LogP contribution < -0.4 is 0 Å². The fraction of sp³-hybridized carbons (Fsp3) is 0.571. The Hall–Kier alpha value is -1.42. The topological polar surface area (TPSA) is 43.4 Å². The van der Waals surface area contributed by atoms with E-state index in [0.29, 0.717) is 12.8 Å². The third-order valence-electron chi connectivity index (χ3n) is 3.64. The van der Waals surface area contributed by atoms with Gasteiger partial charge in [-0.25, -0.2) is 4.39 Å². The monoisotopic (exact) mass is 382 g/mol. The zero-order valence-corrected chi connectivity index (χ0v) is 17.8. The van der Waals surface area contributed by atoms with Crippen molar-refractivity contribution in [3.63, 3.8) is 0 Å². The van der Waals surface area contributed by atoms with E-state index in [0.717, 1.165) is 11.1 Å². The molecule has 0 aromatic heterocycles. The van der Waals surface area contributed by atoms with Crippen LogP contribution in [0, 0.1) is 17.8 Å². The van der Waals surface area contributed by atoms with Crippen LogP contribution in [0.15, 0.2) is 46.3 Å². The molecule has 0 bridgehead atoms. The predicted molar refractivity (Wildman–Crippen MR) is 104 cm³/mol. The first-order valence-corrected chi connectivity index (χ1v) is 10.2.